The fourth-order valence-electron chi connectivity index (χ4n) is 2.22. The summed E-state index contributed by atoms with van der Waals surface area (Å²) in [4.78, 5) is 6.74. The van der Waals surface area contributed by atoms with Gasteiger partial charge in [0.2, 0.25) is 0 Å². The van der Waals surface area contributed by atoms with Crippen LogP contribution in [0.2, 0.25) is 0 Å². The van der Waals surface area contributed by atoms with Crippen LogP contribution < -0.4 is 4.90 Å². The van der Waals surface area contributed by atoms with E-state index in [1.165, 1.54) is 29.8 Å². The Morgan fingerprint density at radius 1 is 1.43 bits per heavy atom. The van der Waals surface area contributed by atoms with Gasteiger partial charge in [0.25, 0.3) is 0 Å². The summed E-state index contributed by atoms with van der Waals surface area (Å²) in [7, 11) is 2.13. The van der Waals surface area contributed by atoms with Crippen molar-refractivity contribution in [1.82, 2.24) is 4.98 Å². The molecule has 0 saturated carbocycles. The summed E-state index contributed by atoms with van der Waals surface area (Å²) >= 11 is 0. The second kappa shape index (κ2) is 3.60. The minimum Gasteiger partial charge on any atom is -0.359 e. The normalized spacial score (nSPS) is 15.9. The van der Waals surface area contributed by atoms with Gasteiger partial charge in [-0.15, -0.1) is 0 Å². The Morgan fingerprint density at radius 3 is 2.93 bits per heavy atom. The molecule has 2 nitrogen and oxygen atoms in total. The Hall–Kier alpha value is -1.05. The van der Waals surface area contributed by atoms with E-state index >= 15 is 0 Å². The third kappa shape index (κ3) is 1.49. The van der Waals surface area contributed by atoms with Crippen molar-refractivity contribution >= 4 is 5.82 Å². The number of hydrogen-bond acceptors (Lipinski definition) is 2. The van der Waals surface area contributed by atoms with Crippen molar-refractivity contribution in [3.63, 3.8) is 0 Å². The van der Waals surface area contributed by atoms with Gasteiger partial charge in [0, 0.05) is 19.8 Å². The molecule has 2 heteroatoms. The minimum absolute atomic E-state index is 0.609. The van der Waals surface area contributed by atoms with Crippen molar-refractivity contribution in [3.8, 4) is 0 Å². The van der Waals surface area contributed by atoms with Gasteiger partial charge in [0.05, 0.1) is 0 Å². The molecule has 0 fully saturated rings. The summed E-state index contributed by atoms with van der Waals surface area (Å²) in [6.07, 6.45) is 4.39. The van der Waals surface area contributed by atoms with E-state index in [1.807, 2.05) is 6.20 Å². The molecule has 1 aromatic heterocycles. The van der Waals surface area contributed by atoms with Crippen LogP contribution in [-0.4, -0.2) is 18.6 Å². The highest BCUT2D eigenvalue weighted by molar-refractivity contribution is 5.52. The van der Waals surface area contributed by atoms with Crippen LogP contribution in [0.15, 0.2) is 12.3 Å². The molecule has 0 radical (unpaired) electrons. The topological polar surface area (TPSA) is 16.1 Å². The predicted octanol–water partition coefficient (Wildman–Crippen LogP) is 2.59. The first-order valence-corrected chi connectivity index (χ1v) is 5.39. The van der Waals surface area contributed by atoms with E-state index in [0.717, 1.165) is 6.54 Å². The molecular weight excluding hydrogens is 172 g/mol. The molecule has 0 unspecified atom stereocenters. The van der Waals surface area contributed by atoms with Gasteiger partial charge in [-0.25, -0.2) is 4.98 Å². The standard InChI is InChI=1S/C12H18N2/c1-9(2)10-6-7-13-12-11(10)5-4-8-14(12)3/h6-7,9H,4-5,8H2,1-3H3. The van der Waals surface area contributed by atoms with Crippen LogP contribution in [0.1, 0.15) is 37.3 Å². The number of pyridine rings is 1. The minimum atomic E-state index is 0.609. The summed E-state index contributed by atoms with van der Waals surface area (Å²) in [5.74, 6) is 1.81. The highest BCUT2D eigenvalue weighted by atomic mass is 15.2. The summed E-state index contributed by atoms with van der Waals surface area (Å²) < 4.78 is 0. The Kier molecular flexibility index (Phi) is 2.44. The van der Waals surface area contributed by atoms with Gasteiger partial charge in [-0.05, 0) is 36.0 Å². The van der Waals surface area contributed by atoms with Crippen LogP contribution in [0.4, 0.5) is 5.82 Å². The molecule has 76 valence electrons. The van der Waals surface area contributed by atoms with Crippen molar-refractivity contribution in [2.45, 2.75) is 32.6 Å². The monoisotopic (exact) mass is 190 g/mol. The number of nitrogens with zero attached hydrogens (tertiary/aromatic N) is 2. The van der Waals surface area contributed by atoms with Crippen LogP contribution in [0.25, 0.3) is 0 Å². The Balaban J connectivity index is 2.49. The SMILES string of the molecule is CC(C)c1ccnc2c1CCCN2C. The molecule has 0 N–H and O–H groups in total. The fourth-order valence-corrected chi connectivity index (χ4v) is 2.22. The van der Waals surface area contributed by atoms with E-state index in [1.54, 1.807) is 0 Å². The molecule has 0 aliphatic carbocycles. The smallest absolute Gasteiger partial charge is 0.131 e. The quantitative estimate of drug-likeness (QED) is 0.676. The number of fused-ring (bicyclic) bond motifs is 1. The van der Waals surface area contributed by atoms with E-state index in [-0.39, 0.29) is 0 Å². The molecule has 0 amide bonds. The van der Waals surface area contributed by atoms with Crippen molar-refractivity contribution < 1.29 is 0 Å². The molecule has 0 spiro atoms. The maximum atomic E-state index is 4.47. The second-order valence-electron chi connectivity index (χ2n) is 4.38. The molecule has 2 rings (SSSR count). The lowest BCUT2D eigenvalue weighted by atomic mass is 9.93. The lowest BCUT2D eigenvalue weighted by Crippen LogP contribution is -2.26. The van der Waals surface area contributed by atoms with Crippen molar-refractivity contribution in [3.05, 3.63) is 23.4 Å². The predicted molar refractivity (Wildman–Crippen MR) is 59.9 cm³/mol. The van der Waals surface area contributed by atoms with Gasteiger partial charge in [-0.1, -0.05) is 13.8 Å². The van der Waals surface area contributed by atoms with E-state index in [9.17, 15) is 0 Å². The number of rotatable bonds is 1. The molecule has 0 saturated heterocycles. The van der Waals surface area contributed by atoms with E-state index in [2.05, 4.69) is 36.8 Å². The fraction of sp³-hybridized carbons (Fsp3) is 0.583. The highest BCUT2D eigenvalue weighted by Gasteiger charge is 2.18. The molecule has 0 bridgehead atoms. The number of hydrogen-bond donors (Lipinski definition) is 0. The molecular formula is C12H18N2. The lowest BCUT2D eigenvalue weighted by molar-refractivity contribution is 0.709. The van der Waals surface area contributed by atoms with Gasteiger partial charge in [0.1, 0.15) is 5.82 Å². The lowest BCUT2D eigenvalue weighted by Gasteiger charge is -2.28. The third-order valence-electron chi connectivity index (χ3n) is 2.97. The molecule has 0 aromatic carbocycles. The first kappa shape index (κ1) is 9.50. The van der Waals surface area contributed by atoms with Gasteiger partial charge in [-0.2, -0.15) is 0 Å². The maximum absolute atomic E-state index is 4.47. The maximum Gasteiger partial charge on any atom is 0.131 e. The van der Waals surface area contributed by atoms with Crippen molar-refractivity contribution in [2.24, 2.45) is 0 Å². The number of anilines is 1. The van der Waals surface area contributed by atoms with Gasteiger partial charge in [-0.3, -0.25) is 0 Å². The Bertz CT molecular complexity index is 317. The second-order valence-corrected chi connectivity index (χ2v) is 4.38. The van der Waals surface area contributed by atoms with Crippen LogP contribution in [0, 0.1) is 0 Å². The third-order valence-corrected chi connectivity index (χ3v) is 2.97. The Labute approximate surface area is 86.0 Å². The summed E-state index contributed by atoms with van der Waals surface area (Å²) in [6.45, 7) is 5.65. The summed E-state index contributed by atoms with van der Waals surface area (Å²) in [5, 5.41) is 0. The summed E-state index contributed by atoms with van der Waals surface area (Å²) in [5.41, 5.74) is 2.94. The van der Waals surface area contributed by atoms with Gasteiger partial charge >= 0.3 is 0 Å². The average Bonchev–Trinajstić information content (AvgIpc) is 2.17. The molecule has 1 aliphatic rings. The van der Waals surface area contributed by atoms with E-state index in [4.69, 9.17) is 0 Å². The van der Waals surface area contributed by atoms with Crippen LogP contribution in [-0.2, 0) is 6.42 Å². The zero-order valence-electron chi connectivity index (χ0n) is 9.25. The van der Waals surface area contributed by atoms with Gasteiger partial charge in [0.15, 0.2) is 0 Å². The van der Waals surface area contributed by atoms with Crippen LogP contribution >= 0.6 is 0 Å². The molecule has 2 heterocycles. The first-order chi connectivity index (χ1) is 6.70. The van der Waals surface area contributed by atoms with Gasteiger partial charge < -0.3 is 4.90 Å². The zero-order valence-corrected chi connectivity index (χ0v) is 9.25. The van der Waals surface area contributed by atoms with Crippen LogP contribution in [0.5, 0.6) is 0 Å². The van der Waals surface area contributed by atoms with E-state index < -0.39 is 0 Å². The Morgan fingerprint density at radius 2 is 2.21 bits per heavy atom. The van der Waals surface area contributed by atoms with E-state index in [0.29, 0.717) is 5.92 Å². The van der Waals surface area contributed by atoms with Crippen molar-refractivity contribution in [1.29, 1.82) is 0 Å². The zero-order chi connectivity index (χ0) is 10.1. The first-order valence-electron chi connectivity index (χ1n) is 5.39. The largest absolute Gasteiger partial charge is 0.359 e. The number of aromatic nitrogens is 1. The molecule has 0 atom stereocenters. The molecule has 14 heavy (non-hydrogen) atoms. The average molecular weight is 190 g/mol. The molecule has 1 aliphatic heterocycles. The van der Waals surface area contributed by atoms with Crippen molar-refractivity contribution in [2.75, 3.05) is 18.5 Å². The summed E-state index contributed by atoms with van der Waals surface area (Å²) in [6, 6.07) is 2.17. The highest BCUT2D eigenvalue weighted by Crippen LogP contribution is 2.30. The van der Waals surface area contributed by atoms with Crippen LogP contribution in [0.3, 0.4) is 0 Å². The molecule has 1 aromatic rings.